The number of carbonyl (C=O) groups is 2. The van der Waals surface area contributed by atoms with Crippen molar-refractivity contribution in [3.05, 3.63) is 0 Å². The van der Waals surface area contributed by atoms with Gasteiger partial charge in [0.1, 0.15) is 5.54 Å². The molecule has 0 aromatic rings. The molecule has 2 rings (SSSR count). The molecular formula is C12H19NO3. The Morgan fingerprint density at radius 2 is 2.12 bits per heavy atom. The molecule has 1 heterocycles. The lowest BCUT2D eigenvalue weighted by Gasteiger charge is -2.34. The molecule has 3 unspecified atom stereocenters. The lowest BCUT2D eigenvalue weighted by atomic mass is 9.92. The van der Waals surface area contributed by atoms with E-state index in [0.29, 0.717) is 25.3 Å². The molecule has 0 spiro atoms. The van der Waals surface area contributed by atoms with Crippen LogP contribution in [0.3, 0.4) is 0 Å². The number of hydrogen-bond acceptors (Lipinski definition) is 2. The van der Waals surface area contributed by atoms with Crippen LogP contribution in [-0.4, -0.2) is 34.0 Å². The molecule has 1 N–H and O–H groups in total. The average molecular weight is 225 g/mol. The minimum atomic E-state index is -0.917. The van der Waals surface area contributed by atoms with Crippen molar-refractivity contribution >= 4 is 11.9 Å². The number of carbonyl (C=O) groups excluding carboxylic acids is 1. The monoisotopic (exact) mass is 225 g/mol. The number of carboxylic acids is 1. The summed E-state index contributed by atoms with van der Waals surface area (Å²) in [5.74, 6) is -0.247. The maximum atomic E-state index is 12.2. The van der Waals surface area contributed by atoms with Gasteiger partial charge in [0, 0.05) is 12.5 Å². The second-order valence-corrected chi connectivity index (χ2v) is 5.10. The number of carboxylic acid groups (broad SMARTS) is 1. The summed E-state index contributed by atoms with van der Waals surface area (Å²) in [4.78, 5) is 25.2. The van der Waals surface area contributed by atoms with Crippen LogP contribution in [0.2, 0.25) is 0 Å². The van der Waals surface area contributed by atoms with Gasteiger partial charge in [0.15, 0.2) is 0 Å². The van der Waals surface area contributed by atoms with Gasteiger partial charge >= 0.3 is 5.97 Å². The van der Waals surface area contributed by atoms with Crippen LogP contribution < -0.4 is 0 Å². The number of rotatable bonds is 3. The first-order valence-corrected chi connectivity index (χ1v) is 6.08. The molecule has 4 heteroatoms. The van der Waals surface area contributed by atoms with Gasteiger partial charge in [-0.3, -0.25) is 4.79 Å². The van der Waals surface area contributed by atoms with Crippen LogP contribution >= 0.6 is 0 Å². The molecule has 0 radical (unpaired) electrons. The molecule has 2 aliphatic rings. The van der Waals surface area contributed by atoms with E-state index in [9.17, 15) is 14.7 Å². The fourth-order valence-corrected chi connectivity index (χ4v) is 2.81. The van der Waals surface area contributed by atoms with Crippen LogP contribution in [0.1, 0.15) is 39.5 Å². The van der Waals surface area contributed by atoms with Gasteiger partial charge in [-0.1, -0.05) is 13.8 Å². The van der Waals surface area contributed by atoms with E-state index in [0.717, 1.165) is 12.8 Å². The average Bonchev–Trinajstić information content (AvgIpc) is 2.82. The van der Waals surface area contributed by atoms with Crippen LogP contribution in [0, 0.1) is 11.8 Å². The second-order valence-electron chi connectivity index (χ2n) is 5.10. The summed E-state index contributed by atoms with van der Waals surface area (Å²) >= 11 is 0. The molecule has 1 saturated carbocycles. The first-order valence-electron chi connectivity index (χ1n) is 6.08. The van der Waals surface area contributed by atoms with Crippen molar-refractivity contribution in [1.82, 2.24) is 4.90 Å². The maximum absolute atomic E-state index is 12.2. The first-order chi connectivity index (χ1) is 7.53. The molecule has 0 bridgehead atoms. The SMILES string of the molecule is CCC1(C(=O)O)CCCN1C(=O)C1CC1C. The third-order valence-electron chi connectivity index (χ3n) is 4.16. The van der Waals surface area contributed by atoms with Gasteiger partial charge in [-0.25, -0.2) is 4.79 Å². The van der Waals surface area contributed by atoms with Crippen LogP contribution in [-0.2, 0) is 9.59 Å². The highest BCUT2D eigenvalue weighted by Crippen LogP contribution is 2.43. The molecular weight excluding hydrogens is 206 g/mol. The lowest BCUT2D eigenvalue weighted by Crippen LogP contribution is -2.53. The van der Waals surface area contributed by atoms with Crippen molar-refractivity contribution in [1.29, 1.82) is 0 Å². The highest BCUT2D eigenvalue weighted by Gasteiger charge is 2.52. The van der Waals surface area contributed by atoms with E-state index in [1.54, 1.807) is 4.90 Å². The Morgan fingerprint density at radius 1 is 1.50 bits per heavy atom. The number of likely N-dealkylation sites (tertiary alicyclic amines) is 1. The Bertz CT molecular complexity index is 328. The highest BCUT2D eigenvalue weighted by molar-refractivity contribution is 5.90. The summed E-state index contributed by atoms with van der Waals surface area (Å²) in [6.45, 7) is 4.52. The molecule has 90 valence electrons. The largest absolute Gasteiger partial charge is 0.479 e. The van der Waals surface area contributed by atoms with E-state index in [-0.39, 0.29) is 11.8 Å². The van der Waals surface area contributed by atoms with Crippen molar-refractivity contribution < 1.29 is 14.7 Å². The van der Waals surface area contributed by atoms with Crippen molar-refractivity contribution in [2.45, 2.75) is 45.1 Å². The van der Waals surface area contributed by atoms with Crippen molar-refractivity contribution in [3.63, 3.8) is 0 Å². The Balaban J connectivity index is 2.19. The maximum Gasteiger partial charge on any atom is 0.329 e. The van der Waals surface area contributed by atoms with Crippen LogP contribution in [0.5, 0.6) is 0 Å². The van der Waals surface area contributed by atoms with Crippen molar-refractivity contribution in [3.8, 4) is 0 Å². The minimum Gasteiger partial charge on any atom is -0.479 e. The van der Waals surface area contributed by atoms with E-state index in [1.807, 2.05) is 13.8 Å². The van der Waals surface area contributed by atoms with Crippen LogP contribution in [0.4, 0.5) is 0 Å². The van der Waals surface area contributed by atoms with E-state index in [4.69, 9.17) is 0 Å². The fraction of sp³-hybridized carbons (Fsp3) is 0.833. The van der Waals surface area contributed by atoms with Gasteiger partial charge in [-0.2, -0.15) is 0 Å². The third-order valence-corrected chi connectivity index (χ3v) is 4.16. The smallest absolute Gasteiger partial charge is 0.329 e. The molecule has 1 amide bonds. The topological polar surface area (TPSA) is 57.6 Å². The zero-order chi connectivity index (χ0) is 11.9. The van der Waals surface area contributed by atoms with Crippen LogP contribution in [0.15, 0.2) is 0 Å². The number of hydrogen-bond donors (Lipinski definition) is 1. The lowest BCUT2D eigenvalue weighted by molar-refractivity contribution is -0.157. The van der Waals surface area contributed by atoms with Gasteiger partial charge in [-0.05, 0) is 31.6 Å². The summed E-state index contributed by atoms with van der Waals surface area (Å²) in [5, 5.41) is 9.36. The Hall–Kier alpha value is -1.06. The standard InChI is InChI=1S/C12H19NO3/c1-3-12(11(15)16)5-4-6-13(12)10(14)9-7-8(9)2/h8-9H,3-7H2,1-2H3,(H,15,16). The summed E-state index contributed by atoms with van der Waals surface area (Å²) in [7, 11) is 0. The van der Waals surface area contributed by atoms with E-state index in [2.05, 4.69) is 0 Å². The van der Waals surface area contributed by atoms with Crippen LogP contribution in [0.25, 0.3) is 0 Å². The summed E-state index contributed by atoms with van der Waals surface area (Å²) in [5.41, 5.74) is -0.917. The highest BCUT2D eigenvalue weighted by atomic mass is 16.4. The molecule has 2 fully saturated rings. The van der Waals surface area contributed by atoms with Gasteiger partial charge < -0.3 is 10.0 Å². The van der Waals surface area contributed by atoms with Gasteiger partial charge in [0.2, 0.25) is 5.91 Å². The predicted molar refractivity (Wildman–Crippen MR) is 58.9 cm³/mol. The molecule has 4 nitrogen and oxygen atoms in total. The zero-order valence-electron chi connectivity index (χ0n) is 9.90. The molecule has 1 saturated heterocycles. The molecule has 16 heavy (non-hydrogen) atoms. The normalized spacial score (nSPS) is 37.5. The summed E-state index contributed by atoms with van der Waals surface area (Å²) in [6.07, 6.45) is 2.85. The van der Waals surface area contributed by atoms with Gasteiger partial charge in [0.05, 0.1) is 0 Å². The third kappa shape index (κ3) is 1.51. The second kappa shape index (κ2) is 3.75. The Morgan fingerprint density at radius 3 is 2.56 bits per heavy atom. The molecule has 3 atom stereocenters. The molecule has 1 aliphatic heterocycles. The Labute approximate surface area is 95.6 Å². The quantitative estimate of drug-likeness (QED) is 0.791. The fourth-order valence-electron chi connectivity index (χ4n) is 2.81. The Kier molecular flexibility index (Phi) is 2.68. The summed E-state index contributed by atoms with van der Waals surface area (Å²) < 4.78 is 0. The number of amides is 1. The summed E-state index contributed by atoms with van der Waals surface area (Å²) in [6, 6.07) is 0. The zero-order valence-corrected chi connectivity index (χ0v) is 9.90. The molecule has 0 aromatic heterocycles. The van der Waals surface area contributed by atoms with Gasteiger partial charge in [0.25, 0.3) is 0 Å². The number of nitrogens with zero attached hydrogens (tertiary/aromatic N) is 1. The van der Waals surface area contributed by atoms with E-state index >= 15 is 0 Å². The van der Waals surface area contributed by atoms with Crippen molar-refractivity contribution in [2.24, 2.45) is 11.8 Å². The molecule has 0 aromatic carbocycles. The first kappa shape index (κ1) is 11.4. The minimum absolute atomic E-state index is 0.0641. The molecule has 1 aliphatic carbocycles. The predicted octanol–water partition coefficient (Wildman–Crippen LogP) is 1.50. The van der Waals surface area contributed by atoms with Gasteiger partial charge in [-0.15, -0.1) is 0 Å². The number of aliphatic carboxylic acids is 1. The van der Waals surface area contributed by atoms with E-state index < -0.39 is 11.5 Å². The van der Waals surface area contributed by atoms with E-state index in [1.165, 1.54) is 0 Å². The van der Waals surface area contributed by atoms with Crippen molar-refractivity contribution in [2.75, 3.05) is 6.54 Å².